The molecule has 0 amide bonds. The zero-order chi connectivity index (χ0) is 14.8. The molecular formula is C19H21N3. The molecule has 0 atom stereocenters. The molecule has 0 spiro atoms. The molecule has 1 saturated heterocycles. The van der Waals surface area contributed by atoms with Crippen LogP contribution in [0.4, 0.5) is 5.69 Å². The van der Waals surface area contributed by atoms with Gasteiger partial charge in [0.05, 0.1) is 17.4 Å². The van der Waals surface area contributed by atoms with Crippen molar-refractivity contribution < 1.29 is 0 Å². The van der Waals surface area contributed by atoms with Crippen molar-refractivity contribution in [2.24, 2.45) is 0 Å². The van der Waals surface area contributed by atoms with E-state index in [1.165, 1.54) is 42.7 Å². The van der Waals surface area contributed by atoms with Crippen LogP contribution in [-0.2, 0) is 13.0 Å². The van der Waals surface area contributed by atoms with E-state index in [9.17, 15) is 0 Å². The Kier molecular flexibility index (Phi) is 3.55. The third kappa shape index (κ3) is 2.59. The first-order valence-electron chi connectivity index (χ1n) is 8.14. The lowest BCUT2D eigenvalue weighted by molar-refractivity contribution is 0.716. The van der Waals surface area contributed by atoms with E-state index in [0.29, 0.717) is 0 Å². The van der Waals surface area contributed by atoms with E-state index in [0.717, 1.165) is 18.5 Å². The molecule has 0 N–H and O–H groups in total. The predicted molar refractivity (Wildman–Crippen MR) is 91.3 cm³/mol. The monoisotopic (exact) mass is 291 g/mol. The molecule has 3 aromatic rings. The van der Waals surface area contributed by atoms with Crippen molar-refractivity contribution in [2.75, 3.05) is 18.0 Å². The average molecular weight is 291 g/mol. The van der Waals surface area contributed by atoms with E-state index < -0.39 is 0 Å². The molecule has 1 aliphatic rings. The molecule has 3 nitrogen and oxygen atoms in total. The normalized spacial score (nSPS) is 14.8. The van der Waals surface area contributed by atoms with Crippen molar-refractivity contribution >= 4 is 16.7 Å². The Hall–Kier alpha value is -2.29. The molecular weight excluding hydrogens is 270 g/mol. The largest absolute Gasteiger partial charge is 0.371 e. The number of aryl methyl sites for hydroxylation is 2. The Balaban J connectivity index is 1.55. The lowest BCUT2D eigenvalue weighted by Crippen LogP contribution is -2.17. The molecule has 1 aromatic heterocycles. The lowest BCUT2D eigenvalue weighted by Gasteiger charge is -2.17. The van der Waals surface area contributed by atoms with Gasteiger partial charge in [-0.3, -0.25) is 0 Å². The number of fused-ring (bicyclic) bond motifs is 1. The summed E-state index contributed by atoms with van der Waals surface area (Å²) in [4.78, 5) is 7.06. The number of rotatable bonds is 4. The summed E-state index contributed by atoms with van der Waals surface area (Å²) in [6, 6.07) is 17.3. The van der Waals surface area contributed by atoms with Crippen LogP contribution in [0.5, 0.6) is 0 Å². The van der Waals surface area contributed by atoms with E-state index in [1.54, 1.807) is 0 Å². The van der Waals surface area contributed by atoms with Gasteiger partial charge in [0.2, 0.25) is 0 Å². The van der Waals surface area contributed by atoms with Crippen LogP contribution in [0.1, 0.15) is 18.4 Å². The van der Waals surface area contributed by atoms with Crippen molar-refractivity contribution in [1.82, 2.24) is 9.55 Å². The van der Waals surface area contributed by atoms with Crippen LogP contribution < -0.4 is 4.90 Å². The van der Waals surface area contributed by atoms with Crippen molar-refractivity contribution in [3.05, 3.63) is 60.4 Å². The van der Waals surface area contributed by atoms with Gasteiger partial charge in [-0.15, -0.1) is 0 Å². The van der Waals surface area contributed by atoms with Gasteiger partial charge >= 0.3 is 0 Å². The smallest absolute Gasteiger partial charge is 0.0958 e. The summed E-state index contributed by atoms with van der Waals surface area (Å²) >= 11 is 0. The second kappa shape index (κ2) is 5.84. The maximum atomic E-state index is 4.60. The summed E-state index contributed by atoms with van der Waals surface area (Å²) in [5.41, 5.74) is 5.03. The number of aromatic nitrogens is 2. The van der Waals surface area contributed by atoms with Crippen molar-refractivity contribution in [2.45, 2.75) is 25.8 Å². The number of nitrogens with zero attached hydrogens (tertiary/aromatic N) is 3. The van der Waals surface area contributed by atoms with Crippen LogP contribution in [-0.4, -0.2) is 22.6 Å². The summed E-state index contributed by atoms with van der Waals surface area (Å²) in [6.45, 7) is 3.34. The first-order valence-corrected chi connectivity index (χ1v) is 8.14. The van der Waals surface area contributed by atoms with Crippen LogP contribution in [0.15, 0.2) is 54.9 Å². The minimum atomic E-state index is 0.976. The van der Waals surface area contributed by atoms with Crippen molar-refractivity contribution in [3.8, 4) is 0 Å². The fourth-order valence-corrected chi connectivity index (χ4v) is 3.30. The second-order valence-electron chi connectivity index (χ2n) is 6.04. The van der Waals surface area contributed by atoms with Gasteiger partial charge < -0.3 is 9.47 Å². The average Bonchev–Trinajstić information content (AvgIpc) is 3.23. The molecule has 2 aromatic carbocycles. The Morgan fingerprint density at radius 2 is 1.77 bits per heavy atom. The van der Waals surface area contributed by atoms with Gasteiger partial charge in [-0.05, 0) is 43.0 Å². The van der Waals surface area contributed by atoms with E-state index in [4.69, 9.17) is 0 Å². The van der Waals surface area contributed by atoms with Gasteiger partial charge in [0.25, 0.3) is 0 Å². The number of anilines is 1. The molecule has 112 valence electrons. The van der Waals surface area contributed by atoms with E-state index >= 15 is 0 Å². The van der Waals surface area contributed by atoms with E-state index in [-0.39, 0.29) is 0 Å². The Bertz CT molecular complexity index is 755. The minimum Gasteiger partial charge on any atom is -0.371 e. The Morgan fingerprint density at radius 3 is 2.59 bits per heavy atom. The highest BCUT2D eigenvalue weighted by molar-refractivity contribution is 5.80. The Labute approximate surface area is 131 Å². The molecule has 0 bridgehead atoms. The van der Waals surface area contributed by atoms with Gasteiger partial charge in [0.15, 0.2) is 0 Å². The SMILES string of the molecule is c1ccc(CCn2cnc3cc(N4CCCC4)ccc32)cc1. The zero-order valence-corrected chi connectivity index (χ0v) is 12.8. The maximum Gasteiger partial charge on any atom is 0.0958 e. The molecule has 3 heteroatoms. The highest BCUT2D eigenvalue weighted by Gasteiger charge is 2.13. The van der Waals surface area contributed by atoms with Gasteiger partial charge in [-0.25, -0.2) is 4.98 Å². The molecule has 0 unspecified atom stereocenters. The van der Waals surface area contributed by atoms with Crippen molar-refractivity contribution in [3.63, 3.8) is 0 Å². The number of imidazole rings is 1. The summed E-state index contributed by atoms with van der Waals surface area (Å²) in [5.74, 6) is 0. The lowest BCUT2D eigenvalue weighted by atomic mass is 10.1. The standard InChI is InChI=1S/C19H21N3/c1-2-6-16(7-3-1)10-13-22-15-20-18-14-17(8-9-19(18)22)21-11-4-5-12-21/h1-3,6-9,14-15H,4-5,10-13H2. The van der Waals surface area contributed by atoms with Gasteiger partial charge in [-0.2, -0.15) is 0 Å². The summed E-state index contributed by atoms with van der Waals surface area (Å²) in [5, 5.41) is 0. The number of hydrogen-bond donors (Lipinski definition) is 0. The number of benzene rings is 2. The molecule has 2 heterocycles. The van der Waals surface area contributed by atoms with Crippen LogP contribution in [0.2, 0.25) is 0 Å². The van der Waals surface area contributed by atoms with Crippen LogP contribution in [0, 0.1) is 0 Å². The summed E-state index contributed by atoms with van der Waals surface area (Å²) < 4.78 is 2.26. The van der Waals surface area contributed by atoms with Gasteiger partial charge in [0.1, 0.15) is 0 Å². The van der Waals surface area contributed by atoms with Gasteiger partial charge in [0, 0.05) is 25.3 Å². The first-order chi connectivity index (χ1) is 10.9. The van der Waals surface area contributed by atoms with Crippen LogP contribution >= 0.6 is 0 Å². The molecule has 0 saturated carbocycles. The fourth-order valence-electron chi connectivity index (χ4n) is 3.30. The molecule has 1 aliphatic heterocycles. The Morgan fingerprint density at radius 1 is 0.955 bits per heavy atom. The third-order valence-electron chi connectivity index (χ3n) is 4.56. The van der Waals surface area contributed by atoms with Crippen LogP contribution in [0.25, 0.3) is 11.0 Å². The molecule has 4 rings (SSSR count). The minimum absolute atomic E-state index is 0.976. The summed E-state index contributed by atoms with van der Waals surface area (Å²) in [7, 11) is 0. The summed E-state index contributed by atoms with van der Waals surface area (Å²) in [6.07, 6.45) is 5.63. The molecule has 0 aliphatic carbocycles. The highest BCUT2D eigenvalue weighted by atomic mass is 15.1. The van der Waals surface area contributed by atoms with Crippen LogP contribution in [0.3, 0.4) is 0 Å². The topological polar surface area (TPSA) is 21.1 Å². The molecule has 0 radical (unpaired) electrons. The quantitative estimate of drug-likeness (QED) is 0.727. The van der Waals surface area contributed by atoms with E-state index in [1.807, 2.05) is 6.33 Å². The van der Waals surface area contributed by atoms with Crippen molar-refractivity contribution in [1.29, 1.82) is 0 Å². The van der Waals surface area contributed by atoms with E-state index in [2.05, 4.69) is 63.0 Å². The number of hydrogen-bond acceptors (Lipinski definition) is 2. The maximum absolute atomic E-state index is 4.60. The molecule has 22 heavy (non-hydrogen) atoms. The zero-order valence-electron chi connectivity index (χ0n) is 12.8. The second-order valence-corrected chi connectivity index (χ2v) is 6.04. The molecule has 1 fully saturated rings. The van der Waals surface area contributed by atoms with Gasteiger partial charge in [-0.1, -0.05) is 30.3 Å². The fraction of sp³-hybridized carbons (Fsp3) is 0.316. The predicted octanol–water partition coefficient (Wildman–Crippen LogP) is 3.88. The third-order valence-corrected chi connectivity index (χ3v) is 4.56. The highest BCUT2D eigenvalue weighted by Crippen LogP contribution is 2.24. The first kappa shape index (κ1) is 13.4.